The van der Waals surface area contributed by atoms with Crippen molar-refractivity contribution in [1.29, 1.82) is 0 Å². The first kappa shape index (κ1) is 14.0. The number of amides is 1. The van der Waals surface area contributed by atoms with Crippen LogP contribution in [-0.4, -0.2) is 46.6 Å². The summed E-state index contributed by atoms with van der Waals surface area (Å²) in [5.74, 6) is -0.930. The Kier molecular flexibility index (Phi) is 4.51. The van der Waals surface area contributed by atoms with Crippen LogP contribution in [0.2, 0.25) is 0 Å². The summed E-state index contributed by atoms with van der Waals surface area (Å²) < 4.78 is 0. The van der Waals surface area contributed by atoms with Crippen molar-refractivity contribution in [3.8, 4) is 0 Å². The van der Waals surface area contributed by atoms with E-state index in [1.807, 2.05) is 13.8 Å². The Hall–Kier alpha value is -1.10. The molecule has 1 rings (SSSR count). The summed E-state index contributed by atoms with van der Waals surface area (Å²) in [5, 5.41) is 12.1. The summed E-state index contributed by atoms with van der Waals surface area (Å²) in [4.78, 5) is 24.7. The number of carboxylic acid groups (broad SMARTS) is 1. The van der Waals surface area contributed by atoms with Gasteiger partial charge in [0.1, 0.15) is 5.54 Å². The molecule has 0 aromatic rings. The number of hydrogen-bond acceptors (Lipinski definition) is 3. The van der Waals surface area contributed by atoms with Gasteiger partial charge in [0.25, 0.3) is 0 Å². The molecular weight excluding hydrogens is 220 g/mol. The van der Waals surface area contributed by atoms with E-state index >= 15 is 0 Å². The number of nitrogens with one attached hydrogen (secondary N) is 1. The van der Waals surface area contributed by atoms with Crippen LogP contribution in [0.15, 0.2) is 0 Å². The zero-order chi connectivity index (χ0) is 13.1. The highest BCUT2D eigenvalue weighted by molar-refractivity contribution is 5.82. The van der Waals surface area contributed by atoms with Gasteiger partial charge in [-0.25, -0.2) is 0 Å². The van der Waals surface area contributed by atoms with Gasteiger partial charge in [-0.1, -0.05) is 6.92 Å². The molecule has 1 amide bonds. The average Bonchev–Trinajstić information content (AvgIpc) is 2.61. The maximum absolute atomic E-state index is 11.7. The third-order valence-electron chi connectivity index (χ3n) is 3.60. The SMILES string of the molecule is CCC(C)NC(=O)CN1CCCC1(C)C(=O)O. The molecule has 1 fully saturated rings. The second kappa shape index (κ2) is 5.49. The summed E-state index contributed by atoms with van der Waals surface area (Å²) in [5.41, 5.74) is -0.882. The molecule has 17 heavy (non-hydrogen) atoms. The summed E-state index contributed by atoms with van der Waals surface area (Å²) in [6.07, 6.45) is 2.32. The predicted molar refractivity (Wildman–Crippen MR) is 64.7 cm³/mol. The molecule has 0 aromatic heterocycles. The fraction of sp³-hybridized carbons (Fsp3) is 0.833. The van der Waals surface area contributed by atoms with Gasteiger partial charge in [-0.15, -0.1) is 0 Å². The van der Waals surface area contributed by atoms with Gasteiger partial charge < -0.3 is 10.4 Å². The minimum absolute atomic E-state index is 0.0891. The molecule has 0 bridgehead atoms. The normalized spacial score (nSPS) is 26.8. The molecule has 1 saturated heterocycles. The maximum atomic E-state index is 11.7. The molecule has 1 heterocycles. The van der Waals surface area contributed by atoms with Crippen LogP contribution >= 0.6 is 0 Å². The molecule has 5 heteroatoms. The molecule has 2 atom stereocenters. The van der Waals surface area contributed by atoms with E-state index in [1.165, 1.54) is 0 Å². The largest absolute Gasteiger partial charge is 0.480 e. The molecule has 0 aromatic carbocycles. The Morgan fingerprint density at radius 3 is 2.71 bits per heavy atom. The first-order valence-electron chi connectivity index (χ1n) is 6.18. The van der Waals surface area contributed by atoms with E-state index in [0.717, 1.165) is 12.8 Å². The highest BCUT2D eigenvalue weighted by Crippen LogP contribution is 2.28. The third kappa shape index (κ3) is 3.19. The van der Waals surface area contributed by atoms with Crippen molar-refractivity contribution in [2.75, 3.05) is 13.1 Å². The van der Waals surface area contributed by atoms with E-state index in [0.29, 0.717) is 13.0 Å². The molecule has 0 aliphatic carbocycles. The molecule has 0 radical (unpaired) electrons. The molecule has 98 valence electrons. The predicted octanol–water partition coefficient (Wildman–Crippen LogP) is 0.840. The van der Waals surface area contributed by atoms with Crippen molar-refractivity contribution in [3.05, 3.63) is 0 Å². The molecule has 1 aliphatic rings. The Bertz CT molecular complexity index is 306. The van der Waals surface area contributed by atoms with Crippen LogP contribution in [0.5, 0.6) is 0 Å². The number of aliphatic carboxylic acids is 1. The van der Waals surface area contributed by atoms with Gasteiger partial charge in [-0.05, 0) is 39.7 Å². The Morgan fingerprint density at radius 1 is 1.53 bits per heavy atom. The molecule has 5 nitrogen and oxygen atoms in total. The summed E-state index contributed by atoms with van der Waals surface area (Å²) in [6, 6.07) is 0.140. The topological polar surface area (TPSA) is 69.6 Å². The fourth-order valence-corrected chi connectivity index (χ4v) is 2.11. The highest BCUT2D eigenvalue weighted by Gasteiger charge is 2.43. The molecule has 0 spiro atoms. The number of carbonyl (C=O) groups is 2. The fourth-order valence-electron chi connectivity index (χ4n) is 2.11. The highest BCUT2D eigenvalue weighted by atomic mass is 16.4. The second-order valence-corrected chi connectivity index (χ2v) is 4.98. The van der Waals surface area contributed by atoms with Crippen LogP contribution in [0.25, 0.3) is 0 Å². The molecule has 0 saturated carbocycles. The first-order valence-corrected chi connectivity index (χ1v) is 6.18. The van der Waals surface area contributed by atoms with Gasteiger partial charge in [-0.2, -0.15) is 0 Å². The number of likely N-dealkylation sites (tertiary alicyclic amines) is 1. The van der Waals surface area contributed by atoms with Crippen LogP contribution in [0.1, 0.15) is 40.0 Å². The van der Waals surface area contributed by atoms with E-state index in [2.05, 4.69) is 5.32 Å². The van der Waals surface area contributed by atoms with Crippen LogP contribution in [-0.2, 0) is 9.59 Å². The van der Waals surface area contributed by atoms with Crippen LogP contribution < -0.4 is 5.32 Å². The third-order valence-corrected chi connectivity index (χ3v) is 3.60. The van der Waals surface area contributed by atoms with Crippen molar-refractivity contribution >= 4 is 11.9 Å². The smallest absolute Gasteiger partial charge is 0.323 e. The standard InChI is InChI=1S/C12H22N2O3/c1-4-9(2)13-10(15)8-14-7-5-6-12(14,3)11(16)17/h9H,4-8H2,1-3H3,(H,13,15)(H,16,17). The van der Waals surface area contributed by atoms with Crippen molar-refractivity contribution in [1.82, 2.24) is 10.2 Å². The maximum Gasteiger partial charge on any atom is 0.323 e. The van der Waals surface area contributed by atoms with Gasteiger partial charge in [0.2, 0.25) is 5.91 Å². The zero-order valence-corrected chi connectivity index (χ0v) is 10.8. The summed E-state index contributed by atoms with van der Waals surface area (Å²) in [6.45, 7) is 6.49. The monoisotopic (exact) mass is 242 g/mol. The average molecular weight is 242 g/mol. The van der Waals surface area contributed by atoms with Gasteiger partial charge in [-0.3, -0.25) is 14.5 Å². The lowest BCUT2D eigenvalue weighted by molar-refractivity contribution is -0.149. The lowest BCUT2D eigenvalue weighted by Crippen LogP contribution is -2.52. The van der Waals surface area contributed by atoms with Gasteiger partial charge in [0.05, 0.1) is 6.54 Å². The van der Waals surface area contributed by atoms with Crippen molar-refractivity contribution in [2.45, 2.75) is 51.6 Å². The van der Waals surface area contributed by atoms with Crippen LogP contribution in [0.4, 0.5) is 0 Å². The van der Waals surface area contributed by atoms with Crippen LogP contribution in [0, 0.1) is 0 Å². The Morgan fingerprint density at radius 2 is 2.18 bits per heavy atom. The molecule has 2 N–H and O–H groups in total. The van der Waals surface area contributed by atoms with E-state index in [9.17, 15) is 14.7 Å². The molecule has 1 aliphatic heterocycles. The first-order chi connectivity index (χ1) is 7.90. The lowest BCUT2D eigenvalue weighted by atomic mass is 9.99. The second-order valence-electron chi connectivity index (χ2n) is 4.98. The number of hydrogen-bond donors (Lipinski definition) is 2. The minimum atomic E-state index is -0.882. The van der Waals surface area contributed by atoms with Gasteiger partial charge >= 0.3 is 5.97 Å². The van der Waals surface area contributed by atoms with Gasteiger partial charge in [0.15, 0.2) is 0 Å². The lowest BCUT2D eigenvalue weighted by Gasteiger charge is -2.30. The minimum Gasteiger partial charge on any atom is -0.480 e. The quantitative estimate of drug-likeness (QED) is 0.749. The van der Waals surface area contributed by atoms with Crippen molar-refractivity contribution < 1.29 is 14.7 Å². The summed E-state index contributed by atoms with van der Waals surface area (Å²) in [7, 11) is 0. The Balaban J connectivity index is 2.56. The number of nitrogens with zero attached hydrogens (tertiary/aromatic N) is 1. The van der Waals surface area contributed by atoms with E-state index in [1.54, 1.807) is 11.8 Å². The number of carboxylic acids is 1. The number of carbonyl (C=O) groups excluding carboxylic acids is 1. The Labute approximate surface area is 102 Å². The zero-order valence-electron chi connectivity index (χ0n) is 10.8. The van der Waals surface area contributed by atoms with E-state index < -0.39 is 11.5 Å². The summed E-state index contributed by atoms with van der Waals surface area (Å²) >= 11 is 0. The van der Waals surface area contributed by atoms with E-state index in [4.69, 9.17) is 0 Å². The molecule has 2 unspecified atom stereocenters. The van der Waals surface area contributed by atoms with Gasteiger partial charge in [0, 0.05) is 6.04 Å². The van der Waals surface area contributed by atoms with Crippen LogP contribution in [0.3, 0.4) is 0 Å². The number of rotatable bonds is 5. The molecular formula is C12H22N2O3. The van der Waals surface area contributed by atoms with E-state index in [-0.39, 0.29) is 18.5 Å². The van der Waals surface area contributed by atoms with Crippen molar-refractivity contribution in [2.24, 2.45) is 0 Å². The van der Waals surface area contributed by atoms with Crippen molar-refractivity contribution in [3.63, 3.8) is 0 Å².